The SMILES string of the molecule is COC(=O)C(=O)[C@H](Cc1ccccc1)N(Cc1ccccc1)Cc1ccccc1. The number of hydrogen-bond donors (Lipinski definition) is 0. The van der Waals surface area contributed by atoms with Gasteiger partial charge >= 0.3 is 5.97 Å². The zero-order valence-electron chi connectivity index (χ0n) is 16.5. The molecule has 0 aliphatic heterocycles. The predicted molar refractivity (Wildman–Crippen MR) is 113 cm³/mol. The number of ether oxygens (including phenoxy) is 1. The predicted octanol–water partition coefficient (Wildman–Crippen LogP) is 4.04. The summed E-state index contributed by atoms with van der Waals surface area (Å²) >= 11 is 0. The second kappa shape index (κ2) is 10.3. The Morgan fingerprint density at radius 2 is 1.14 bits per heavy atom. The van der Waals surface area contributed by atoms with Crippen LogP contribution in [0.15, 0.2) is 91.0 Å². The summed E-state index contributed by atoms with van der Waals surface area (Å²) in [5.41, 5.74) is 3.17. The molecule has 3 aromatic rings. The second-order valence-electron chi connectivity index (χ2n) is 6.94. The summed E-state index contributed by atoms with van der Waals surface area (Å²) in [4.78, 5) is 27.2. The number of carbonyl (C=O) groups excluding carboxylic acids is 2. The van der Waals surface area contributed by atoms with Crippen LogP contribution >= 0.6 is 0 Å². The molecule has 0 saturated heterocycles. The molecule has 29 heavy (non-hydrogen) atoms. The Kier molecular flexibility index (Phi) is 7.31. The van der Waals surface area contributed by atoms with Crippen LogP contribution in [0.3, 0.4) is 0 Å². The number of methoxy groups -OCH3 is 1. The van der Waals surface area contributed by atoms with Crippen molar-refractivity contribution in [2.45, 2.75) is 25.6 Å². The minimum Gasteiger partial charge on any atom is -0.463 e. The highest BCUT2D eigenvalue weighted by Crippen LogP contribution is 2.18. The van der Waals surface area contributed by atoms with Crippen molar-refractivity contribution in [1.29, 1.82) is 0 Å². The maximum atomic E-state index is 13.0. The Morgan fingerprint density at radius 1 is 0.724 bits per heavy atom. The van der Waals surface area contributed by atoms with Crippen LogP contribution in [-0.4, -0.2) is 29.8 Å². The van der Waals surface area contributed by atoms with E-state index in [-0.39, 0.29) is 0 Å². The molecule has 0 aromatic heterocycles. The zero-order chi connectivity index (χ0) is 20.5. The normalized spacial score (nSPS) is 11.8. The summed E-state index contributed by atoms with van der Waals surface area (Å²) in [7, 11) is 1.25. The third-order valence-corrected chi connectivity index (χ3v) is 4.86. The average molecular weight is 387 g/mol. The van der Waals surface area contributed by atoms with Gasteiger partial charge in [0.2, 0.25) is 0 Å². The molecule has 0 amide bonds. The summed E-state index contributed by atoms with van der Waals surface area (Å²) in [5, 5.41) is 0. The third-order valence-electron chi connectivity index (χ3n) is 4.86. The van der Waals surface area contributed by atoms with Gasteiger partial charge in [-0.1, -0.05) is 91.0 Å². The number of esters is 1. The van der Waals surface area contributed by atoms with Gasteiger partial charge < -0.3 is 4.74 Å². The van der Waals surface area contributed by atoms with Crippen molar-refractivity contribution < 1.29 is 14.3 Å². The van der Waals surface area contributed by atoms with E-state index in [1.807, 2.05) is 91.0 Å². The van der Waals surface area contributed by atoms with Gasteiger partial charge in [-0.25, -0.2) is 4.79 Å². The highest BCUT2D eigenvalue weighted by Gasteiger charge is 2.32. The minimum absolute atomic E-state index is 0.439. The smallest absolute Gasteiger partial charge is 0.376 e. The maximum absolute atomic E-state index is 13.0. The molecule has 0 saturated carbocycles. The number of hydrogen-bond acceptors (Lipinski definition) is 4. The molecule has 0 bridgehead atoms. The van der Waals surface area contributed by atoms with E-state index in [2.05, 4.69) is 4.90 Å². The first-order chi connectivity index (χ1) is 14.2. The highest BCUT2D eigenvalue weighted by molar-refractivity contribution is 6.35. The molecule has 4 heteroatoms. The van der Waals surface area contributed by atoms with Gasteiger partial charge in [0.1, 0.15) is 0 Å². The molecule has 0 aliphatic carbocycles. The molecule has 1 atom stereocenters. The summed E-state index contributed by atoms with van der Waals surface area (Å²) in [6.07, 6.45) is 0.439. The van der Waals surface area contributed by atoms with E-state index >= 15 is 0 Å². The molecule has 3 aromatic carbocycles. The number of Topliss-reactive ketones (excluding diaryl/α,β-unsaturated/α-hetero) is 1. The van der Waals surface area contributed by atoms with Crippen molar-refractivity contribution in [2.75, 3.05) is 7.11 Å². The lowest BCUT2D eigenvalue weighted by Crippen LogP contribution is -2.45. The first-order valence-corrected chi connectivity index (χ1v) is 9.65. The van der Waals surface area contributed by atoms with Gasteiger partial charge in [-0.05, 0) is 23.1 Å². The van der Waals surface area contributed by atoms with Crippen molar-refractivity contribution in [3.05, 3.63) is 108 Å². The van der Waals surface area contributed by atoms with Crippen LogP contribution in [0.4, 0.5) is 0 Å². The molecule has 0 N–H and O–H groups in total. The number of carbonyl (C=O) groups is 2. The first-order valence-electron chi connectivity index (χ1n) is 9.65. The Labute approximate surface area is 171 Å². The van der Waals surface area contributed by atoms with E-state index in [0.29, 0.717) is 19.5 Å². The Balaban J connectivity index is 1.95. The number of rotatable bonds is 9. The van der Waals surface area contributed by atoms with E-state index in [9.17, 15) is 9.59 Å². The van der Waals surface area contributed by atoms with E-state index in [4.69, 9.17) is 4.74 Å². The van der Waals surface area contributed by atoms with Crippen molar-refractivity contribution >= 4 is 11.8 Å². The van der Waals surface area contributed by atoms with Crippen LogP contribution in [-0.2, 0) is 33.8 Å². The Hall–Kier alpha value is -3.24. The fraction of sp³-hybridized carbons (Fsp3) is 0.200. The van der Waals surface area contributed by atoms with Crippen LogP contribution in [0.5, 0.6) is 0 Å². The van der Waals surface area contributed by atoms with E-state index in [1.54, 1.807) is 0 Å². The lowest BCUT2D eigenvalue weighted by Gasteiger charge is -2.30. The number of benzene rings is 3. The zero-order valence-corrected chi connectivity index (χ0v) is 16.5. The first kappa shape index (κ1) is 20.5. The summed E-state index contributed by atoms with van der Waals surface area (Å²) in [6, 6.07) is 29.1. The van der Waals surface area contributed by atoms with Crippen molar-refractivity contribution in [2.24, 2.45) is 0 Å². The fourth-order valence-corrected chi connectivity index (χ4v) is 3.37. The van der Waals surface area contributed by atoms with Gasteiger partial charge in [0.15, 0.2) is 0 Å². The van der Waals surface area contributed by atoms with E-state index in [1.165, 1.54) is 7.11 Å². The Bertz CT molecular complexity index is 869. The molecule has 3 rings (SSSR count). The van der Waals surface area contributed by atoms with Gasteiger partial charge in [0, 0.05) is 13.1 Å². The molecule has 0 heterocycles. The standard InChI is InChI=1S/C25H25NO3/c1-29-25(28)24(27)23(17-20-11-5-2-6-12-20)26(18-21-13-7-3-8-14-21)19-22-15-9-4-10-16-22/h2-16,23H,17-19H2,1H3/t23-/m0/s1. The quantitative estimate of drug-likeness (QED) is 0.411. The highest BCUT2D eigenvalue weighted by atomic mass is 16.5. The summed E-state index contributed by atoms with van der Waals surface area (Å²) in [6.45, 7) is 1.10. The molecule has 4 nitrogen and oxygen atoms in total. The minimum atomic E-state index is -0.808. The largest absolute Gasteiger partial charge is 0.463 e. The molecular weight excluding hydrogens is 362 g/mol. The van der Waals surface area contributed by atoms with Crippen molar-refractivity contribution in [1.82, 2.24) is 4.90 Å². The van der Waals surface area contributed by atoms with Gasteiger partial charge in [0.25, 0.3) is 5.78 Å². The lowest BCUT2D eigenvalue weighted by atomic mass is 9.99. The van der Waals surface area contributed by atoms with Gasteiger partial charge in [-0.2, -0.15) is 0 Å². The van der Waals surface area contributed by atoms with Crippen molar-refractivity contribution in [3.8, 4) is 0 Å². The van der Waals surface area contributed by atoms with Crippen LogP contribution in [0, 0.1) is 0 Å². The van der Waals surface area contributed by atoms with Gasteiger partial charge in [-0.15, -0.1) is 0 Å². The van der Waals surface area contributed by atoms with Gasteiger partial charge in [0.05, 0.1) is 13.2 Å². The molecule has 0 radical (unpaired) electrons. The molecule has 0 unspecified atom stereocenters. The summed E-state index contributed by atoms with van der Waals surface area (Å²) in [5.74, 6) is -1.33. The number of ketones is 1. The molecule has 148 valence electrons. The van der Waals surface area contributed by atoms with Crippen LogP contribution in [0.2, 0.25) is 0 Å². The topological polar surface area (TPSA) is 46.6 Å². The van der Waals surface area contributed by atoms with Crippen LogP contribution in [0.25, 0.3) is 0 Å². The average Bonchev–Trinajstić information content (AvgIpc) is 2.78. The second-order valence-corrected chi connectivity index (χ2v) is 6.94. The van der Waals surface area contributed by atoms with Gasteiger partial charge in [-0.3, -0.25) is 9.69 Å². The van der Waals surface area contributed by atoms with E-state index < -0.39 is 17.8 Å². The molecule has 0 spiro atoms. The molecule has 0 aliphatic rings. The monoisotopic (exact) mass is 387 g/mol. The van der Waals surface area contributed by atoms with Crippen LogP contribution < -0.4 is 0 Å². The fourth-order valence-electron chi connectivity index (χ4n) is 3.37. The summed E-state index contributed by atoms with van der Waals surface area (Å²) < 4.78 is 4.77. The van der Waals surface area contributed by atoms with Crippen LogP contribution in [0.1, 0.15) is 16.7 Å². The Morgan fingerprint density at radius 3 is 1.55 bits per heavy atom. The molecular formula is C25H25NO3. The van der Waals surface area contributed by atoms with Crippen molar-refractivity contribution in [3.63, 3.8) is 0 Å². The third kappa shape index (κ3) is 5.87. The maximum Gasteiger partial charge on any atom is 0.376 e. The van der Waals surface area contributed by atoms with E-state index in [0.717, 1.165) is 16.7 Å². The number of nitrogens with zero attached hydrogens (tertiary/aromatic N) is 1. The lowest BCUT2D eigenvalue weighted by molar-refractivity contribution is -0.154. The molecule has 0 fully saturated rings.